The Bertz CT molecular complexity index is 759. The molecule has 1 saturated heterocycles. The maximum atomic E-state index is 13.3. The van der Waals surface area contributed by atoms with Crippen molar-refractivity contribution in [2.45, 2.75) is 25.8 Å². The molecule has 1 aliphatic heterocycles. The Morgan fingerprint density at radius 3 is 2.27 bits per heavy atom. The molecule has 1 heterocycles. The van der Waals surface area contributed by atoms with Crippen molar-refractivity contribution in [2.24, 2.45) is 23.7 Å². The second-order valence-electron chi connectivity index (χ2n) is 7.27. The number of allylic oxidation sites excluding steroid dienone is 2. The quantitative estimate of drug-likeness (QED) is 0.650. The van der Waals surface area contributed by atoms with Gasteiger partial charge >= 0.3 is 0 Å². The van der Waals surface area contributed by atoms with Gasteiger partial charge in [0, 0.05) is 6.54 Å². The number of rotatable bonds is 5. The molecule has 5 unspecified atom stereocenters. The molecule has 1 N–H and O–H groups in total. The first-order valence-electron chi connectivity index (χ1n) is 9.08. The summed E-state index contributed by atoms with van der Waals surface area (Å²) in [6, 6.07) is 4.96. The summed E-state index contributed by atoms with van der Waals surface area (Å²) in [5.41, 5.74) is 0.597. The summed E-state index contributed by atoms with van der Waals surface area (Å²) in [5.74, 6) is -1.42. The lowest BCUT2D eigenvalue weighted by Gasteiger charge is -2.28. The highest BCUT2D eigenvalue weighted by Gasteiger charge is 2.60. The molecule has 0 aromatic heterocycles. The molecule has 2 aliphatic carbocycles. The van der Waals surface area contributed by atoms with Gasteiger partial charge < -0.3 is 5.32 Å². The van der Waals surface area contributed by atoms with Crippen LogP contribution >= 0.6 is 0 Å². The number of likely N-dealkylation sites (tertiary alicyclic amines) is 1. The van der Waals surface area contributed by atoms with Crippen LogP contribution < -0.4 is 5.32 Å². The third kappa shape index (κ3) is 2.55. The molecule has 6 heteroatoms. The number of benzene rings is 1. The molecule has 136 valence electrons. The van der Waals surface area contributed by atoms with Crippen LogP contribution in [-0.2, 0) is 14.4 Å². The maximum Gasteiger partial charge on any atom is 0.234 e. The van der Waals surface area contributed by atoms with Gasteiger partial charge in [-0.25, -0.2) is 4.39 Å². The van der Waals surface area contributed by atoms with Crippen LogP contribution in [0, 0.1) is 29.5 Å². The summed E-state index contributed by atoms with van der Waals surface area (Å²) in [4.78, 5) is 39.6. The minimum atomic E-state index is -0.702. The molecule has 2 fully saturated rings. The number of carbonyl (C=O) groups excluding carboxylic acids is 3. The van der Waals surface area contributed by atoms with Crippen LogP contribution in [0.25, 0.3) is 0 Å². The third-order valence-electron chi connectivity index (χ3n) is 5.82. The minimum absolute atomic E-state index is 0.0147. The van der Waals surface area contributed by atoms with Gasteiger partial charge in [0.25, 0.3) is 0 Å². The summed E-state index contributed by atoms with van der Waals surface area (Å²) in [6.45, 7) is 2.28. The normalized spacial score (nSPS) is 30.0. The molecule has 26 heavy (non-hydrogen) atoms. The fourth-order valence-electron chi connectivity index (χ4n) is 4.72. The topological polar surface area (TPSA) is 66.5 Å². The van der Waals surface area contributed by atoms with Crippen molar-refractivity contribution in [2.75, 3.05) is 6.54 Å². The molecule has 4 rings (SSSR count). The Morgan fingerprint density at radius 2 is 1.73 bits per heavy atom. The average molecular weight is 356 g/mol. The van der Waals surface area contributed by atoms with Crippen LogP contribution in [0.5, 0.6) is 0 Å². The van der Waals surface area contributed by atoms with Crippen LogP contribution in [0.1, 0.15) is 31.4 Å². The molecule has 1 saturated carbocycles. The number of nitrogens with zero attached hydrogens (tertiary/aromatic N) is 1. The van der Waals surface area contributed by atoms with E-state index in [1.165, 1.54) is 17.0 Å². The third-order valence-corrected chi connectivity index (χ3v) is 5.82. The van der Waals surface area contributed by atoms with Crippen molar-refractivity contribution in [1.29, 1.82) is 0 Å². The highest BCUT2D eigenvalue weighted by molar-refractivity contribution is 6.07. The average Bonchev–Trinajstić information content (AvgIpc) is 3.29. The lowest BCUT2D eigenvalue weighted by atomic mass is 9.85. The van der Waals surface area contributed by atoms with Gasteiger partial charge in [-0.2, -0.15) is 0 Å². The molecule has 2 bridgehead atoms. The van der Waals surface area contributed by atoms with E-state index in [-0.39, 0.29) is 47.8 Å². The predicted molar refractivity (Wildman–Crippen MR) is 92.0 cm³/mol. The molecule has 1 aromatic rings. The summed E-state index contributed by atoms with van der Waals surface area (Å²) in [7, 11) is 0. The van der Waals surface area contributed by atoms with Gasteiger partial charge in [0.1, 0.15) is 5.82 Å². The van der Waals surface area contributed by atoms with E-state index in [1.807, 2.05) is 19.1 Å². The number of carbonyl (C=O) groups is 3. The van der Waals surface area contributed by atoms with E-state index in [0.29, 0.717) is 12.1 Å². The van der Waals surface area contributed by atoms with Gasteiger partial charge in [-0.3, -0.25) is 19.3 Å². The maximum absolute atomic E-state index is 13.3. The Kier molecular flexibility index (Phi) is 4.13. The van der Waals surface area contributed by atoms with Crippen LogP contribution in [-0.4, -0.2) is 29.2 Å². The van der Waals surface area contributed by atoms with E-state index >= 15 is 0 Å². The monoisotopic (exact) mass is 356 g/mol. The first-order chi connectivity index (χ1) is 12.5. The van der Waals surface area contributed by atoms with Crippen LogP contribution in [0.15, 0.2) is 36.4 Å². The van der Waals surface area contributed by atoms with Gasteiger partial charge in [-0.15, -0.1) is 0 Å². The number of hydrogen-bond donors (Lipinski definition) is 1. The second kappa shape index (κ2) is 6.34. The van der Waals surface area contributed by atoms with Crippen LogP contribution in [0.4, 0.5) is 4.39 Å². The number of amides is 3. The fraction of sp³-hybridized carbons (Fsp3) is 0.450. The second-order valence-corrected chi connectivity index (χ2v) is 7.27. The minimum Gasteiger partial charge on any atom is -0.356 e. The summed E-state index contributed by atoms with van der Waals surface area (Å²) < 4.78 is 13.3. The van der Waals surface area contributed by atoms with Gasteiger partial charge in [-0.1, -0.05) is 24.3 Å². The molecule has 1 aromatic carbocycles. The first kappa shape index (κ1) is 16.9. The molecular formula is C20H21FN2O3. The van der Waals surface area contributed by atoms with Crippen molar-refractivity contribution in [3.05, 3.63) is 47.8 Å². The van der Waals surface area contributed by atoms with Crippen LogP contribution in [0.3, 0.4) is 0 Å². The smallest absolute Gasteiger partial charge is 0.234 e. The van der Waals surface area contributed by atoms with Crippen molar-refractivity contribution in [3.8, 4) is 0 Å². The van der Waals surface area contributed by atoms with Gasteiger partial charge in [-0.05, 0) is 42.9 Å². The highest BCUT2D eigenvalue weighted by atomic mass is 19.1. The summed E-state index contributed by atoms with van der Waals surface area (Å²) in [5, 5.41) is 2.72. The van der Waals surface area contributed by atoms with E-state index < -0.39 is 11.9 Å². The molecule has 3 aliphatic rings. The van der Waals surface area contributed by atoms with Crippen molar-refractivity contribution in [3.63, 3.8) is 0 Å². The van der Waals surface area contributed by atoms with Gasteiger partial charge in [0.05, 0.1) is 24.3 Å². The molecule has 3 amide bonds. The highest BCUT2D eigenvalue weighted by Crippen LogP contribution is 2.54. The molecular weight excluding hydrogens is 335 g/mol. The Morgan fingerprint density at radius 1 is 1.15 bits per heavy atom. The SMILES string of the molecule is CCNC(=O)CC(c1ccc(F)cc1)N1C(=O)C2C3C=CC(C3)C2C1=O. The Hall–Kier alpha value is -2.50. The van der Waals surface area contributed by atoms with E-state index in [1.54, 1.807) is 12.1 Å². The summed E-state index contributed by atoms with van der Waals surface area (Å²) >= 11 is 0. The van der Waals surface area contributed by atoms with Crippen molar-refractivity contribution >= 4 is 17.7 Å². The van der Waals surface area contributed by atoms with E-state index in [9.17, 15) is 18.8 Å². The van der Waals surface area contributed by atoms with Gasteiger partial charge in [0.15, 0.2) is 0 Å². The lowest BCUT2D eigenvalue weighted by molar-refractivity contribution is -0.144. The lowest BCUT2D eigenvalue weighted by Crippen LogP contribution is -2.39. The number of nitrogens with one attached hydrogen (secondary N) is 1. The zero-order chi connectivity index (χ0) is 18.4. The molecule has 5 atom stereocenters. The summed E-state index contributed by atoms with van der Waals surface area (Å²) in [6.07, 6.45) is 4.92. The van der Waals surface area contributed by atoms with Crippen molar-refractivity contribution < 1.29 is 18.8 Å². The zero-order valence-electron chi connectivity index (χ0n) is 14.5. The van der Waals surface area contributed by atoms with E-state index in [2.05, 4.69) is 5.32 Å². The molecule has 0 radical (unpaired) electrons. The largest absolute Gasteiger partial charge is 0.356 e. The predicted octanol–water partition coefficient (Wildman–Crippen LogP) is 2.20. The molecule has 0 spiro atoms. The van der Waals surface area contributed by atoms with Crippen LogP contribution in [0.2, 0.25) is 0 Å². The number of imide groups is 1. The Labute approximate surface area is 151 Å². The Balaban J connectivity index is 1.67. The first-order valence-corrected chi connectivity index (χ1v) is 9.08. The fourth-order valence-corrected chi connectivity index (χ4v) is 4.72. The number of fused-ring (bicyclic) bond motifs is 5. The number of halogens is 1. The van der Waals surface area contributed by atoms with Gasteiger partial charge in [0.2, 0.25) is 17.7 Å². The molecule has 5 nitrogen and oxygen atoms in total. The number of hydrogen-bond acceptors (Lipinski definition) is 3. The van der Waals surface area contributed by atoms with E-state index in [4.69, 9.17) is 0 Å². The standard InChI is InChI=1S/C20H21FN2O3/c1-2-22-16(24)10-15(11-5-7-14(21)8-6-11)23-19(25)17-12-3-4-13(9-12)18(17)20(23)26/h3-8,12-13,15,17-18H,2,9-10H2,1H3,(H,22,24). The van der Waals surface area contributed by atoms with E-state index in [0.717, 1.165) is 6.42 Å². The zero-order valence-corrected chi connectivity index (χ0v) is 14.5. The van der Waals surface area contributed by atoms with Crippen molar-refractivity contribution in [1.82, 2.24) is 10.2 Å².